The normalized spacial score (nSPS) is 10.5. The van der Waals surface area contributed by atoms with Crippen LogP contribution in [-0.4, -0.2) is 15.9 Å². The van der Waals surface area contributed by atoms with E-state index in [1.165, 1.54) is 6.20 Å². The molecule has 1 amide bonds. The Balaban J connectivity index is 1.76. The van der Waals surface area contributed by atoms with Gasteiger partial charge in [0.1, 0.15) is 5.76 Å². The molecule has 110 valence electrons. The number of aromatic nitrogens is 2. The Morgan fingerprint density at radius 1 is 1.14 bits per heavy atom. The van der Waals surface area contributed by atoms with Crippen molar-refractivity contribution in [1.82, 2.24) is 9.97 Å². The molecule has 0 aliphatic heterocycles. The number of oxazole rings is 1. The number of rotatable bonds is 3. The number of hydrogen-bond acceptors (Lipinski definition) is 4. The van der Waals surface area contributed by atoms with E-state index in [0.717, 1.165) is 17.0 Å². The van der Waals surface area contributed by atoms with Gasteiger partial charge in [-0.05, 0) is 50.2 Å². The SMILES string of the molecule is Cc1nc(-c2ccc(NC(=O)c3cccnc3)cc2)oc1C. The lowest BCUT2D eigenvalue weighted by atomic mass is 10.2. The van der Waals surface area contributed by atoms with Crippen molar-refractivity contribution in [3.63, 3.8) is 0 Å². The summed E-state index contributed by atoms with van der Waals surface area (Å²) >= 11 is 0. The number of nitrogens with zero attached hydrogens (tertiary/aromatic N) is 2. The van der Waals surface area contributed by atoms with Crippen molar-refractivity contribution in [3.05, 3.63) is 65.8 Å². The van der Waals surface area contributed by atoms with Crippen LogP contribution in [0.4, 0.5) is 5.69 Å². The first kappa shape index (κ1) is 14.0. The van der Waals surface area contributed by atoms with Crippen molar-refractivity contribution < 1.29 is 9.21 Å². The van der Waals surface area contributed by atoms with E-state index in [9.17, 15) is 4.79 Å². The molecule has 0 aliphatic carbocycles. The van der Waals surface area contributed by atoms with Gasteiger partial charge in [0.2, 0.25) is 5.89 Å². The van der Waals surface area contributed by atoms with Crippen LogP contribution in [0, 0.1) is 13.8 Å². The summed E-state index contributed by atoms with van der Waals surface area (Å²) in [6.07, 6.45) is 3.16. The Kier molecular flexibility index (Phi) is 3.70. The van der Waals surface area contributed by atoms with E-state index in [1.54, 1.807) is 18.3 Å². The van der Waals surface area contributed by atoms with Crippen LogP contribution in [0.5, 0.6) is 0 Å². The van der Waals surface area contributed by atoms with Crippen LogP contribution in [0.15, 0.2) is 53.2 Å². The standard InChI is InChI=1S/C17H15N3O2/c1-11-12(2)22-17(19-11)13-5-7-15(8-6-13)20-16(21)14-4-3-9-18-10-14/h3-10H,1-2H3,(H,20,21). The summed E-state index contributed by atoms with van der Waals surface area (Å²) in [5.41, 5.74) is 2.97. The monoisotopic (exact) mass is 293 g/mol. The first-order valence-corrected chi connectivity index (χ1v) is 6.89. The van der Waals surface area contributed by atoms with Crippen molar-refractivity contribution in [2.24, 2.45) is 0 Å². The van der Waals surface area contributed by atoms with E-state index >= 15 is 0 Å². The Labute approximate surface area is 128 Å². The molecule has 5 nitrogen and oxygen atoms in total. The van der Waals surface area contributed by atoms with E-state index in [4.69, 9.17) is 4.42 Å². The number of nitrogens with one attached hydrogen (secondary N) is 1. The van der Waals surface area contributed by atoms with Crippen LogP contribution < -0.4 is 5.32 Å². The Hall–Kier alpha value is -2.95. The zero-order chi connectivity index (χ0) is 15.5. The number of carbonyl (C=O) groups is 1. The van der Waals surface area contributed by atoms with Gasteiger partial charge in [0, 0.05) is 23.6 Å². The van der Waals surface area contributed by atoms with E-state index in [-0.39, 0.29) is 5.91 Å². The van der Waals surface area contributed by atoms with Crippen molar-refractivity contribution in [2.45, 2.75) is 13.8 Å². The summed E-state index contributed by atoms with van der Waals surface area (Å²) in [5, 5.41) is 2.82. The maximum Gasteiger partial charge on any atom is 0.257 e. The molecular weight excluding hydrogens is 278 g/mol. The van der Waals surface area contributed by atoms with Crippen LogP contribution in [0.3, 0.4) is 0 Å². The van der Waals surface area contributed by atoms with Gasteiger partial charge in [-0.2, -0.15) is 0 Å². The molecule has 0 fully saturated rings. The van der Waals surface area contributed by atoms with Gasteiger partial charge in [-0.15, -0.1) is 0 Å². The third kappa shape index (κ3) is 2.88. The molecule has 22 heavy (non-hydrogen) atoms. The predicted octanol–water partition coefficient (Wildman–Crippen LogP) is 3.61. The molecule has 0 saturated carbocycles. The lowest BCUT2D eigenvalue weighted by Crippen LogP contribution is -2.11. The molecule has 0 radical (unpaired) electrons. The number of amides is 1. The second-order valence-corrected chi connectivity index (χ2v) is 4.93. The molecule has 1 aromatic carbocycles. The maximum absolute atomic E-state index is 12.0. The van der Waals surface area contributed by atoms with Gasteiger partial charge in [-0.3, -0.25) is 9.78 Å². The van der Waals surface area contributed by atoms with Crippen molar-refractivity contribution in [2.75, 3.05) is 5.32 Å². The quantitative estimate of drug-likeness (QED) is 0.801. The van der Waals surface area contributed by atoms with Gasteiger partial charge in [0.05, 0.1) is 11.3 Å². The van der Waals surface area contributed by atoms with Crippen LogP contribution in [-0.2, 0) is 0 Å². The van der Waals surface area contributed by atoms with Gasteiger partial charge in [0.25, 0.3) is 5.91 Å². The number of anilines is 1. The summed E-state index contributed by atoms with van der Waals surface area (Å²) in [6, 6.07) is 10.8. The number of hydrogen-bond donors (Lipinski definition) is 1. The van der Waals surface area contributed by atoms with Gasteiger partial charge in [-0.25, -0.2) is 4.98 Å². The largest absolute Gasteiger partial charge is 0.441 e. The van der Waals surface area contributed by atoms with Crippen LogP contribution in [0.2, 0.25) is 0 Å². The Bertz CT molecular complexity index is 773. The average Bonchev–Trinajstić information content (AvgIpc) is 2.88. The van der Waals surface area contributed by atoms with Gasteiger partial charge in [-0.1, -0.05) is 0 Å². The van der Waals surface area contributed by atoms with E-state index in [0.29, 0.717) is 17.1 Å². The molecule has 3 aromatic rings. The molecule has 1 N–H and O–H groups in total. The highest BCUT2D eigenvalue weighted by atomic mass is 16.4. The molecule has 2 heterocycles. The lowest BCUT2D eigenvalue weighted by molar-refractivity contribution is 0.102. The lowest BCUT2D eigenvalue weighted by Gasteiger charge is -2.05. The summed E-state index contributed by atoms with van der Waals surface area (Å²) in [4.78, 5) is 20.3. The molecule has 0 saturated heterocycles. The smallest absolute Gasteiger partial charge is 0.257 e. The number of aryl methyl sites for hydroxylation is 2. The minimum atomic E-state index is -0.191. The molecule has 0 atom stereocenters. The summed E-state index contributed by atoms with van der Waals surface area (Å²) < 4.78 is 5.58. The number of pyridine rings is 1. The Morgan fingerprint density at radius 2 is 1.91 bits per heavy atom. The fourth-order valence-electron chi connectivity index (χ4n) is 1.99. The highest BCUT2D eigenvalue weighted by Crippen LogP contribution is 2.23. The first-order valence-electron chi connectivity index (χ1n) is 6.89. The van der Waals surface area contributed by atoms with Crippen molar-refractivity contribution in [3.8, 4) is 11.5 Å². The minimum Gasteiger partial charge on any atom is -0.441 e. The summed E-state index contributed by atoms with van der Waals surface area (Å²) in [6.45, 7) is 3.79. The molecule has 0 bridgehead atoms. The van der Waals surface area contributed by atoms with E-state index in [2.05, 4.69) is 15.3 Å². The molecule has 0 aliphatic rings. The molecule has 0 unspecified atom stereocenters. The van der Waals surface area contributed by atoms with Crippen molar-refractivity contribution >= 4 is 11.6 Å². The third-order valence-electron chi connectivity index (χ3n) is 3.34. The molecular formula is C17H15N3O2. The van der Waals surface area contributed by atoms with E-state index < -0.39 is 0 Å². The first-order chi connectivity index (χ1) is 10.6. The molecule has 5 heteroatoms. The second kappa shape index (κ2) is 5.81. The molecule has 0 spiro atoms. The van der Waals surface area contributed by atoms with Crippen LogP contribution >= 0.6 is 0 Å². The third-order valence-corrected chi connectivity index (χ3v) is 3.34. The average molecular weight is 293 g/mol. The second-order valence-electron chi connectivity index (χ2n) is 4.93. The zero-order valence-corrected chi connectivity index (χ0v) is 12.3. The fraction of sp³-hybridized carbons (Fsp3) is 0.118. The number of carbonyl (C=O) groups excluding carboxylic acids is 1. The van der Waals surface area contributed by atoms with Crippen LogP contribution in [0.25, 0.3) is 11.5 Å². The van der Waals surface area contributed by atoms with Gasteiger partial charge in [0.15, 0.2) is 0 Å². The van der Waals surface area contributed by atoms with Crippen molar-refractivity contribution in [1.29, 1.82) is 0 Å². The molecule has 2 aromatic heterocycles. The minimum absolute atomic E-state index is 0.191. The Morgan fingerprint density at radius 3 is 2.50 bits per heavy atom. The predicted molar refractivity (Wildman–Crippen MR) is 83.6 cm³/mol. The summed E-state index contributed by atoms with van der Waals surface area (Å²) in [7, 11) is 0. The highest BCUT2D eigenvalue weighted by Gasteiger charge is 2.09. The van der Waals surface area contributed by atoms with E-state index in [1.807, 2.05) is 38.1 Å². The topological polar surface area (TPSA) is 68.0 Å². The van der Waals surface area contributed by atoms with Crippen LogP contribution in [0.1, 0.15) is 21.8 Å². The molecule has 3 rings (SSSR count). The van der Waals surface area contributed by atoms with Gasteiger partial charge >= 0.3 is 0 Å². The summed E-state index contributed by atoms with van der Waals surface area (Å²) in [5.74, 6) is 1.20. The van der Waals surface area contributed by atoms with Gasteiger partial charge < -0.3 is 9.73 Å². The highest BCUT2D eigenvalue weighted by molar-refractivity contribution is 6.04. The zero-order valence-electron chi connectivity index (χ0n) is 12.3. The fourth-order valence-corrected chi connectivity index (χ4v) is 1.99. The number of benzene rings is 1. The maximum atomic E-state index is 12.0.